The molecule has 0 saturated heterocycles. The molecule has 0 aliphatic heterocycles. The van der Waals surface area contributed by atoms with Crippen LogP contribution in [0.3, 0.4) is 0 Å². The Balaban J connectivity index is 5.08. The zero-order chi connectivity index (χ0) is 25.1. The highest BCUT2D eigenvalue weighted by Crippen LogP contribution is 2.10. The number of carbonyl (C=O) groups is 3. The Morgan fingerprint density at radius 3 is 2.03 bits per heavy atom. The number of nitrogens with one attached hydrogen (secondary N) is 1. The highest BCUT2D eigenvalue weighted by Gasteiger charge is 2.23. The molecule has 0 radical (unpaired) electrons. The van der Waals surface area contributed by atoms with E-state index in [-0.39, 0.29) is 12.9 Å². The van der Waals surface area contributed by atoms with Gasteiger partial charge < -0.3 is 24.8 Å². The molecule has 0 bridgehead atoms. The summed E-state index contributed by atoms with van der Waals surface area (Å²) < 4.78 is 15.8. The predicted octanol–water partition coefficient (Wildman–Crippen LogP) is 3.42. The molecule has 1 atom stereocenters. The van der Waals surface area contributed by atoms with E-state index in [1.807, 2.05) is 13.8 Å². The number of rotatable bonds is 8. The van der Waals surface area contributed by atoms with Crippen LogP contribution >= 0.6 is 0 Å². The molecule has 0 aromatic carbocycles. The summed E-state index contributed by atoms with van der Waals surface area (Å²) in [4.78, 5) is 41.9. The number of amides is 2. The summed E-state index contributed by atoms with van der Waals surface area (Å²) >= 11 is 0. The van der Waals surface area contributed by atoms with Gasteiger partial charge in [-0.3, -0.25) is 10.1 Å². The Morgan fingerprint density at radius 2 is 1.56 bits per heavy atom. The lowest BCUT2D eigenvalue weighted by atomic mass is 9.62. The van der Waals surface area contributed by atoms with E-state index >= 15 is 0 Å². The van der Waals surface area contributed by atoms with Crippen LogP contribution in [0.5, 0.6) is 0 Å². The highest BCUT2D eigenvalue weighted by atomic mass is 16.6. The first-order valence-corrected chi connectivity index (χ1v) is 11.1. The van der Waals surface area contributed by atoms with Crippen LogP contribution < -0.4 is 11.1 Å². The van der Waals surface area contributed by atoms with Crippen LogP contribution in [-0.2, 0) is 18.9 Å². The normalized spacial score (nSPS) is 13.1. The number of ether oxygens (including phenoxy) is 2. The molecule has 0 heterocycles. The summed E-state index contributed by atoms with van der Waals surface area (Å²) in [5, 5.41) is 2.48. The SMILES string of the molecule is CCB(CC)OC(=O)[C@@H](N)CCCN(C)/C(=N/C(=O)OC(C)(C)C)NC(=O)OC(C)(C)C. The van der Waals surface area contributed by atoms with Crippen LogP contribution in [0.2, 0.25) is 12.6 Å². The lowest BCUT2D eigenvalue weighted by molar-refractivity contribution is -0.136. The number of alkyl carbamates (subject to hydrolysis) is 1. The average molecular weight is 456 g/mol. The summed E-state index contributed by atoms with van der Waals surface area (Å²) in [5.41, 5.74) is 4.49. The molecule has 0 aromatic rings. The van der Waals surface area contributed by atoms with Gasteiger partial charge in [-0.1, -0.05) is 13.8 Å². The maximum absolute atomic E-state index is 12.2. The lowest BCUT2D eigenvalue weighted by Crippen LogP contribution is -2.45. The Hall–Kier alpha value is -2.30. The van der Waals surface area contributed by atoms with Gasteiger partial charge in [0.05, 0.1) is 0 Å². The van der Waals surface area contributed by atoms with E-state index in [2.05, 4.69) is 10.3 Å². The Labute approximate surface area is 192 Å². The fraction of sp³-hybridized carbons (Fsp3) is 0.810. The predicted molar refractivity (Wildman–Crippen MR) is 126 cm³/mol. The van der Waals surface area contributed by atoms with Gasteiger partial charge in [-0.05, 0) is 67.0 Å². The van der Waals surface area contributed by atoms with E-state index in [4.69, 9.17) is 19.9 Å². The number of hydrogen-bond acceptors (Lipinski definition) is 7. The molecule has 0 fully saturated rings. The van der Waals surface area contributed by atoms with Crippen molar-refractivity contribution in [1.29, 1.82) is 0 Å². The molecule has 2 amide bonds. The molecule has 0 unspecified atom stereocenters. The average Bonchev–Trinajstić information content (AvgIpc) is 2.61. The first-order chi connectivity index (χ1) is 14.6. The number of aliphatic imine (C=N–C) groups is 1. The lowest BCUT2D eigenvalue weighted by Gasteiger charge is -2.25. The summed E-state index contributed by atoms with van der Waals surface area (Å²) in [7, 11) is 1.65. The van der Waals surface area contributed by atoms with Gasteiger partial charge in [0.15, 0.2) is 0 Å². The molecule has 3 N–H and O–H groups in total. The molecular weight excluding hydrogens is 415 g/mol. The molecule has 0 spiro atoms. The van der Waals surface area contributed by atoms with E-state index in [1.165, 1.54) is 0 Å². The molecule has 184 valence electrons. The quantitative estimate of drug-likeness (QED) is 0.323. The van der Waals surface area contributed by atoms with Gasteiger partial charge >= 0.3 is 25.1 Å². The third kappa shape index (κ3) is 13.9. The molecule has 0 saturated carbocycles. The first kappa shape index (κ1) is 29.7. The van der Waals surface area contributed by atoms with Crippen molar-refractivity contribution in [1.82, 2.24) is 10.2 Å². The van der Waals surface area contributed by atoms with Gasteiger partial charge in [0.2, 0.25) is 5.96 Å². The monoisotopic (exact) mass is 456 g/mol. The fourth-order valence-corrected chi connectivity index (χ4v) is 2.45. The fourth-order valence-electron chi connectivity index (χ4n) is 2.45. The van der Waals surface area contributed by atoms with E-state index in [9.17, 15) is 14.4 Å². The van der Waals surface area contributed by atoms with Gasteiger partial charge in [0, 0.05) is 13.6 Å². The molecule has 32 heavy (non-hydrogen) atoms. The van der Waals surface area contributed by atoms with Crippen molar-refractivity contribution in [2.75, 3.05) is 13.6 Å². The topological polar surface area (TPSA) is 133 Å². The second kappa shape index (κ2) is 13.3. The van der Waals surface area contributed by atoms with Crippen molar-refractivity contribution in [2.45, 2.75) is 98.1 Å². The van der Waals surface area contributed by atoms with Crippen LogP contribution in [0.15, 0.2) is 4.99 Å². The number of carbonyl (C=O) groups excluding carboxylic acids is 3. The smallest absolute Gasteiger partial charge is 0.437 e. The third-order valence-electron chi connectivity index (χ3n) is 4.07. The van der Waals surface area contributed by atoms with Crippen molar-refractivity contribution in [3.63, 3.8) is 0 Å². The van der Waals surface area contributed by atoms with Crippen molar-refractivity contribution in [3.8, 4) is 0 Å². The summed E-state index contributed by atoms with van der Waals surface area (Å²) in [5.74, 6) is -0.461. The molecule has 10 nitrogen and oxygen atoms in total. The van der Waals surface area contributed by atoms with E-state index in [1.54, 1.807) is 53.5 Å². The Kier molecular flexibility index (Phi) is 12.3. The summed E-state index contributed by atoms with van der Waals surface area (Å²) in [6, 6.07) is -0.756. The van der Waals surface area contributed by atoms with Crippen molar-refractivity contribution in [2.24, 2.45) is 10.7 Å². The Morgan fingerprint density at radius 1 is 1.03 bits per heavy atom. The van der Waals surface area contributed by atoms with Crippen molar-refractivity contribution < 1.29 is 28.5 Å². The van der Waals surface area contributed by atoms with Gasteiger partial charge in [-0.2, -0.15) is 0 Å². The standard InChI is InChI=1S/C21H41BN4O6/c1-10-22(11-2)32-16(27)15(23)13-12-14-26(9)17(24-18(28)30-20(3,4)5)25-19(29)31-21(6,7)8/h15H,10-14,23H2,1-9H3,(H,24,25,28,29)/t15-/m0/s1. The number of nitrogens with zero attached hydrogens (tertiary/aromatic N) is 2. The van der Waals surface area contributed by atoms with E-state index in [0.717, 1.165) is 12.6 Å². The minimum Gasteiger partial charge on any atom is -0.535 e. The zero-order valence-electron chi connectivity index (χ0n) is 21.1. The number of hydrogen-bond donors (Lipinski definition) is 2. The number of nitrogens with two attached hydrogens (primary N) is 1. The maximum atomic E-state index is 12.2. The van der Waals surface area contributed by atoms with E-state index < -0.39 is 35.4 Å². The summed E-state index contributed by atoms with van der Waals surface area (Å²) in [6.45, 7) is 14.4. The van der Waals surface area contributed by atoms with Crippen LogP contribution in [0.4, 0.5) is 9.59 Å². The minimum absolute atomic E-state index is 0.0262. The second-order valence-corrected chi connectivity index (χ2v) is 9.59. The van der Waals surface area contributed by atoms with Crippen LogP contribution in [0.1, 0.15) is 68.2 Å². The second-order valence-electron chi connectivity index (χ2n) is 9.59. The molecule has 0 aromatic heterocycles. The Bertz CT molecular complexity index is 654. The maximum Gasteiger partial charge on any atom is 0.437 e. The van der Waals surface area contributed by atoms with Crippen LogP contribution in [-0.4, -0.2) is 66.8 Å². The van der Waals surface area contributed by atoms with Gasteiger partial charge in [-0.15, -0.1) is 4.99 Å². The highest BCUT2D eigenvalue weighted by molar-refractivity contribution is 6.53. The molecule has 0 aliphatic rings. The third-order valence-corrected chi connectivity index (χ3v) is 4.07. The first-order valence-electron chi connectivity index (χ1n) is 11.1. The molecule has 0 aliphatic carbocycles. The van der Waals surface area contributed by atoms with Gasteiger partial charge in [-0.25, -0.2) is 9.59 Å². The van der Waals surface area contributed by atoms with Crippen molar-refractivity contribution >= 4 is 31.0 Å². The van der Waals surface area contributed by atoms with Crippen LogP contribution in [0.25, 0.3) is 0 Å². The van der Waals surface area contributed by atoms with Gasteiger partial charge in [0.1, 0.15) is 17.2 Å². The largest absolute Gasteiger partial charge is 0.535 e. The number of guanidine groups is 1. The zero-order valence-corrected chi connectivity index (χ0v) is 21.1. The molecule has 11 heteroatoms. The molecule has 0 rings (SSSR count). The van der Waals surface area contributed by atoms with Gasteiger partial charge in [0.25, 0.3) is 0 Å². The summed E-state index contributed by atoms with van der Waals surface area (Å²) in [6.07, 6.45) is 0.740. The van der Waals surface area contributed by atoms with Crippen LogP contribution in [0, 0.1) is 0 Å². The molecular formula is C21H41BN4O6. The van der Waals surface area contributed by atoms with E-state index in [0.29, 0.717) is 19.4 Å². The minimum atomic E-state index is -0.846. The van der Waals surface area contributed by atoms with Crippen molar-refractivity contribution in [3.05, 3.63) is 0 Å².